The molecule has 4 N–H and O–H groups in total. The molecule has 0 aromatic heterocycles. The molecular weight excluding hydrogens is 1450 g/mol. The molecular formula is C91H172N4O15P2. The Morgan fingerprint density at radius 1 is 0.312 bits per heavy atom. The van der Waals surface area contributed by atoms with Crippen LogP contribution in [0.15, 0.2) is 49.6 Å². The number of nitrogens with one attached hydrogen (secondary N) is 4. The number of ether oxygens (including phenoxy) is 2. The number of hydrogen-bond acceptors (Lipinski definition) is 15. The van der Waals surface area contributed by atoms with Gasteiger partial charge in [-0.25, -0.2) is 13.9 Å². The van der Waals surface area contributed by atoms with E-state index in [1.165, 1.54) is 218 Å². The minimum Gasteiger partial charge on any atom is -0.456 e. The molecule has 0 aliphatic heterocycles. The zero-order valence-electron chi connectivity index (χ0n) is 72.8. The van der Waals surface area contributed by atoms with Crippen molar-refractivity contribution in [3.05, 3.63) is 49.6 Å². The van der Waals surface area contributed by atoms with Crippen LogP contribution in [0.4, 0.5) is 4.79 Å². The summed E-state index contributed by atoms with van der Waals surface area (Å²) < 4.78 is 76.5. The Kier molecular flexibility index (Phi) is 79.7. The Morgan fingerprint density at radius 2 is 0.554 bits per heavy atom. The number of phosphoric acid groups is 2. The number of phosphoric ester groups is 2. The van der Waals surface area contributed by atoms with Gasteiger partial charge in [-0.05, 0) is 63.5 Å². The Hall–Kier alpha value is -3.67. The van der Waals surface area contributed by atoms with Crippen LogP contribution in [0.2, 0.25) is 0 Å². The van der Waals surface area contributed by atoms with Crippen LogP contribution >= 0.6 is 15.6 Å². The molecule has 4 amide bonds. The lowest BCUT2D eigenvalue weighted by molar-refractivity contribution is -0.150. The van der Waals surface area contributed by atoms with Crippen molar-refractivity contribution in [2.75, 3.05) is 52.7 Å². The van der Waals surface area contributed by atoms with Crippen molar-refractivity contribution in [2.45, 2.75) is 451 Å². The third kappa shape index (κ3) is 71.6. The highest BCUT2D eigenvalue weighted by molar-refractivity contribution is 7.48. The van der Waals surface area contributed by atoms with Gasteiger partial charge in [0.2, 0.25) is 11.8 Å². The molecule has 21 heteroatoms. The summed E-state index contributed by atoms with van der Waals surface area (Å²) >= 11 is 0. The van der Waals surface area contributed by atoms with E-state index in [1.807, 2.05) is 24.3 Å². The summed E-state index contributed by atoms with van der Waals surface area (Å²) in [5, 5.41) is 11.5. The lowest BCUT2D eigenvalue weighted by Gasteiger charge is -2.27. The first kappa shape index (κ1) is 108. The van der Waals surface area contributed by atoms with Gasteiger partial charge < -0.3 is 30.7 Å². The fraction of sp³-hybridized carbons (Fsp3) is 0.857. The maximum Gasteiger partial charge on any atom is 0.475 e. The Morgan fingerprint density at radius 3 is 0.812 bits per heavy atom. The molecule has 0 radical (unpaired) electrons. The van der Waals surface area contributed by atoms with Gasteiger partial charge in [-0.1, -0.05) is 374 Å². The Balaban J connectivity index is 6.52. The van der Waals surface area contributed by atoms with Crippen LogP contribution in [0.3, 0.4) is 0 Å². The standard InChI is InChI=1S/C91H172N4O15P2/c1-9-17-23-29-35-41-43-49-53-59-65-71-87(96)94-83(85(69-63-57-51-45-37-31-25-19-11-3)109-89(98)73-67-61-55-47-39-33-27-21-13-5)81-107-111(101,103-77-15-7)105-79-75-92-91(100)93-76-80-106-112(102,104-78-16-8)108-82-84(95-88(97)72-66-60-54-50-44-42-36-30-24-18-10-2)86(70-64-58-52-46-38-32-26-20-12-4)110-90(99)74-68-62-56-48-40-34-28-22-14-6/h15-16,63-64,69-70,83-86H,7-14,17-62,65-68,71-82H2,1-6H3,(H,94,96)(H,95,97)(H2,92,93,100)/b69-63+,70-64+. The zero-order valence-corrected chi connectivity index (χ0v) is 74.6. The molecule has 19 nitrogen and oxygen atoms in total. The summed E-state index contributed by atoms with van der Waals surface area (Å²) in [7, 11) is -8.87. The van der Waals surface area contributed by atoms with E-state index >= 15 is 0 Å². The summed E-state index contributed by atoms with van der Waals surface area (Å²) in [6, 6.07) is -2.58. The van der Waals surface area contributed by atoms with Crippen LogP contribution in [0.1, 0.15) is 427 Å². The molecule has 0 spiro atoms. The molecule has 6 atom stereocenters. The van der Waals surface area contributed by atoms with Crippen LogP contribution < -0.4 is 21.3 Å². The maximum absolute atomic E-state index is 14.5. The van der Waals surface area contributed by atoms with Crippen molar-refractivity contribution in [2.24, 2.45) is 0 Å². The summed E-state index contributed by atoms with van der Waals surface area (Å²) in [5.41, 5.74) is 0. The van der Waals surface area contributed by atoms with E-state index in [9.17, 15) is 33.1 Å². The number of carbonyl (C=O) groups excluding carboxylic acids is 5. The maximum atomic E-state index is 14.5. The second-order valence-electron chi connectivity index (χ2n) is 31.2. The van der Waals surface area contributed by atoms with Crippen LogP contribution in [-0.4, -0.2) is 107 Å². The normalized spacial score (nSPS) is 13.8. The first-order valence-corrected chi connectivity index (χ1v) is 49.2. The van der Waals surface area contributed by atoms with Crippen molar-refractivity contribution >= 4 is 45.4 Å². The van der Waals surface area contributed by atoms with E-state index < -0.39 is 71.1 Å². The Labute approximate surface area is 686 Å². The highest BCUT2D eigenvalue weighted by atomic mass is 31.2. The lowest BCUT2D eigenvalue weighted by atomic mass is 10.0. The quantitative estimate of drug-likeness (QED) is 0.0192. The smallest absolute Gasteiger partial charge is 0.456 e. The summed E-state index contributed by atoms with van der Waals surface area (Å²) in [6.07, 6.45) is 71.8. The summed E-state index contributed by atoms with van der Waals surface area (Å²) in [4.78, 5) is 68.6. The molecule has 0 saturated carbocycles. The lowest BCUT2D eigenvalue weighted by Crippen LogP contribution is -2.47. The molecule has 6 unspecified atom stereocenters. The fourth-order valence-corrected chi connectivity index (χ4v) is 15.8. The van der Waals surface area contributed by atoms with E-state index in [4.69, 9.17) is 36.6 Å². The van der Waals surface area contributed by atoms with Crippen LogP contribution in [-0.2, 0) is 64.9 Å². The van der Waals surface area contributed by atoms with Gasteiger partial charge in [-0.15, -0.1) is 13.2 Å². The molecule has 0 aliphatic carbocycles. The van der Waals surface area contributed by atoms with Crippen molar-refractivity contribution in [3.8, 4) is 0 Å². The number of urea groups is 1. The van der Waals surface area contributed by atoms with Gasteiger partial charge in [0, 0.05) is 38.8 Å². The SMILES string of the molecule is C=CCOP(=O)(OCCNC(=O)NCCOP(=O)(OCC=C)OCC(NC(=O)CCCCCCCCCCCCC)C(/C=C/CCCCCCCCC)OC(=O)CCCCCCCCCCC)OCC(NC(=O)CCCCCCCCCCCCC)C(/C=C/CCCCCCCCC)OC(=O)CCCCCCCCCCC. The molecule has 0 rings (SSSR count). The third-order valence-electron chi connectivity index (χ3n) is 20.4. The van der Waals surface area contributed by atoms with Gasteiger partial charge in [0.25, 0.3) is 0 Å². The second kappa shape index (κ2) is 82.4. The molecule has 0 aromatic carbocycles. The average molecular weight is 1620 g/mol. The van der Waals surface area contributed by atoms with E-state index in [0.29, 0.717) is 25.7 Å². The molecule has 0 aliphatic rings. The molecule has 0 aromatic rings. The summed E-state index contributed by atoms with van der Waals surface area (Å²) in [6.45, 7) is 18.6. The molecule has 0 saturated heterocycles. The second-order valence-corrected chi connectivity index (χ2v) is 34.5. The summed E-state index contributed by atoms with van der Waals surface area (Å²) in [5.74, 6) is -1.27. The van der Waals surface area contributed by atoms with Gasteiger partial charge in [0.15, 0.2) is 0 Å². The molecule has 0 bridgehead atoms. The molecule has 0 fully saturated rings. The predicted molar refractivity (Wildman–Crippen MR) is 466 cm³/mol. The van der Waals surface area contributed by atoms with Crippen LogP contribution in [0.5, 0.6) is 0 Å². The number of unbranched alkanes of at least 4 members (excludes halogenated alkanes) is 50. The van der Waals surface area contributed by atoms with Gasteiger partial charge in [0.1, 0.15) is 12.2 Å². The molecule has 112 heavy (non-hydrogen) atoms. The fourth-order valence-electron chi connectivity index (χ4n) is 13.4. The first-order chi connectivity index (χ1) is 54.7. The number of hydrogen-bond donors (Lipinski definition) is 4. The van der Waals surface area contributed by atoms with Gasteiger partial charge in [0.05, 0.1) is 51.7 Å². The van der Waals surface area contributed by atoms with Crippen molar-refractivity contribution in [1.29, 1.82) is 0 Å². The minimum atomic E-state index is -4.43. The van der Waals surface area contributed by atoms with Gasteiger partial charge >= 0.3 is 33.6 Å². The highest BCUT2D eigenvalue weighted by Gasteiger charge is 2.34. The van der Waals surface area contributed by atoms with Crippen LogP contribution in [0, 0.1) is 0 Å². The first-order valence-electron chi connectivity index (χ1n) is 46.3. The van der Waals surface area contributed by atoms with Crippen molar-refractivity contribution < 1.29 is 69.7 Å². The number of carbonyl (C=O) groups is 5. The zero-order chi connectivity index (χ0) is 82.0. The monoisotopic (exact) mass is 1620 g/mol. The number of esters is 2. The van der Waals surface area contributed by atoms with E-state index in [1.54, 1.807) is 0 Å². The third-order valence-corrected chi connectivity index (χ3v) is 23.3. The van der Waals surface area contributed by atoms with E-state index in [-0.39, 0.29) is 77.0 Å². The predicted octanol–water partition coefficient (Wildman–Crippen LogP) is 26.4. The average Bonchev–Trinajstić information content (AvgIpc) is 0.869. The molecule has 0 heterocycles. The van der Waals surface area contributed by atoms with Crippen molar-refractivity contribution in [1.82, 2.24) is 21.3 Å². The van der Waals surface area contributed by atoms with E-state index in [2.05, 4.69) is 76.0 Å². The highest BCUT2D eigenvalue weighted by Crippen LogP contribution is 2.50. The van der Waals surface area contributed by atoms with Gasteiger partial charge in [-0.3, -0.25) is 46.3 Å². The number of allylic oxidation sites excluding steroid dienone is 2. The van der Waals surface area contributed by atoms with Crippen LogP contribution in [0.25, 0.3) is 0 Å². The Bertz CT molecular complexity index is 2210. The van der Waals surface area contributed by atoms with E-state index in [0.717, 1.165) is 128 Å². The van der Waals surface area contributed by atoms with Gasteiger partial charge in [-0.2, -0.15) is 0 Å². The molecule has 656 valence electrons. The number of amides is 4. The topological polar surface area (TPSA) is 241 Å². The number of rotatable bonds is 88. The van der Waals surface area contributed by atoms with Crippen molar-refractivity contribution in [3.63, 3.8) is 0 Å². The largest absolute Gasteiger partial charge is 0.475 e. The minimum absolute atomic E-state index is 0.161.